The zero-order chi connectivity index (χ0) is 18.3. The van der Waals surface area contributed by atoms with Crippen LogP contribution in [0.15, 0.2) is 30.5 Å². The molecule has 2 aromatic rings. The van der Waals surface area contributed by atoms with E-state index >= 15 is 0 Å². The molecule has 0 saturated carbocycles. The maximum atomic E-state index is 12.9. The van der Waals surface area contributed by atoms with Crippen LogP contribution in [0.4, 0.5) is 5.69 Å². The minimum Gasteiger partial charge on any atom is -0.492 e. The van der Waals surface area contributed by atoms with Crippen LogP contribution in [0.2, 0.25) is 0 Å². The molecule has 0 aliphatic rings. The topological polar surface area (TPSA) is 60.5 Å². The van der Waals surface area contributed by atoms with Gasteiger partial charge < -0.3 is 14.8 Å². The molecule has 0 aliphatic carbocycles. The number of benzene rings is 1. The summed E-state index contributed by atoms with van der Waals surface area (Å²) >= 11 is 0. The third-order valence-corrected chi connectivity index (χ3v) is 4.11. The highest BCUT2D eigenvalue weighted by molar-refractivity contribution is 6.05. The van der Waals surface area contributed by atoms with E-state index in [-0.39, 0.29) is 5.91 Å². The Labute approximate surface area is 149 Å². The lowest BCUT2D eigenvalue weighted by atomic mass is 9.98. The number of nitrogens with one attached hydrogen (secondary N) is 1. The van der Waals surface area contributed by atoms with Gasteiger partial charge in [-0.25, -0.2) is 0 Å². The van der Waals surface area contributed by atoms with Gasteiger partial charge in [-0.2, -0.15) is 0 Å². The summed E-state index contributed by atoms with van der Waals surface area (Å²) in [6.45, 7) is 9.02. The lowest BCUT2D eigenvalue weighted by molar-refractivity contribution is -0.140. The molecule has 2 rings (SSSR count). The predicted octanol–water partition coefficient (Wildman–Crippen LogP) is 4.56. The molecule has 5 nitrogen and oxygen atoms in total. The number of anilines is 1. The summed E-state index contributed by atoms with van der Waals surface area (Å²) in [7, 11) is 0. The average molecular weight is 344 g/mol. The standard InChI is InChI=1S/C20H28N2O3/c1-5-12-20(4,25-14-6-2)19(23)22-16-10-11-17(24-7-3)18-15(16)9-8-13-21-18/h8-11,13H,5-7,12,14H2,1-4H3,(H,22,23)/t20-/m0/s1. The third kappa shape index (κ3) is 4.48. The summed E-state index contributed by atoms with van der Waals surface area (Å²) in [5.74, 6) is 0.590. The number of carbonyl (C=O) groups is 1. The lowest BCUT2D eigenvalue weighted by Crippen LogP contribution is -2.43. The van der Waals surface area contributed by atoms with Gasteiger partial charge in [0.15, 0.2) is 0 Å². The second-order valence-corrected chi connectivity index (χ2v) is 6.23. The molecule has 25 heavy (non-hydrogen) atoms. The number of ether oxygens (including phenoxy) is 2. The largest absolute Gasteiger partial charge is 0.492 e. The number of hydrogen-bond acceptors (Lipinski definition) is 4. The molecule has 136 valence electrons. The van der Waals surface area contributed by atoms with E-state index in [1.54, 1.807) is 6.20 Å². The van der Waals surface area contributed by atoms with Crippen molar-refractivity contribution in [2.75, 3.05) is 18.5 Å². The molecular weight excluding hydrogens is 316 g/mol. The molecule has 1 heterocycles. The van der Waals surface area contributed by atoms with Crippen LogP contribution in [0.3, 0.4) is 0 Å². The van der Waals surface area contributed by atoms with Gasteiger partial charge in [-0.1, -0.05) is 20.3 Å². The Balaban J connectivity index is 2.32. The fourth-order valence-corrected chi connectivity index (χ4v) is 2.84. The van der Waals surface area contributed by atoms with Gasteiger partial charge in [0.25, 0.3) is 5.91 Å². The highest BCUT2D eigenvalue weighted by Crippen LogP contribution is 2.31. The molecule has 0 bridgehead atoms. The number of hydrogen-bond donors (Lipinski definition) is 1. The van der Waals surface area contributed by atoms with Crippen LogP contribution in [-0.2, 0) is 9.53 Å². The minimum atomic E-state index is -0.835. The van der Waals surface area contributed by atoms with E-state index in [1.807, 2.05) is 45.0 Å². The van der Waals surface area contributed by atoms with Crippen LogP contribution >= 0.6 is 0 Å². The van der Waals surface area contributed by atoms with Crippen molar-refractivity contribution in [1.82, 2.24) is 4.98 Å². The van der Waals surface area contributed by atoms with Gasteiger partial charge in [-0.3, -0.25) is 9.78 Å². The number of nitrogens with zero attached hydrogens (tertiary/aromatic N) is 1. The van der Waals surface area contributed by atoms with Gasteiger partial charge >= 0.3 is 0 Å². The number of aromatic nitrogens is 1. The van der Waals surface area contributed by atoms with Crippen LogP contribution in [0.25, 0.3) is 10.9 Å². The van der Waals surface area contributed by atoms with E-state index in [1.165, 1.54) is 0 Å². The number of rotatable bonds is 9. The molecule has 0 spiro atoms. The van der Waals surface area contributed by atoms with E-state index in [9.17, 15) is 4.79 Å². The first-order chi connectivity index (χ1) is 12.1. The molecule has 1 aromatic carbocycles. The maximum Gasteiger partial charge on any atom is 0.256 e. The van der Waals surface area contributed by atoms with Crippen molar-refractivity contribution < 1.29 is 14.3 Å². The van der Waals surface area contributed by atoms with Crippen molar-refractivity contribution in [2.24, 2.45) is 0 Å². The second-order valence-electron chi connectivity index (χ2n) is 6.23. The molecule has 0 aliphatic heterocycles. The summed E-state index contributed by atoms with van der Waals surface area (Å²) in [5.41, 5.74) is 0.630. The molecule has 1 aromatic heterocycles. The average Bonchev–Trinajstić information content (AvgIpc) is 2.62. The lowest BCUT2D eigenvalue weighted by Gasteiger charge is -2.28. The molecule has 0 fully saturated rings. The number of amides is 1. The number of fused-ring (bicyclic) bond motifs is 1. The Morgan fingerprint density at radius 3 is 2.68 bits per heavy atom. The van der Waals surface area contributed by atoms with Crippen LogP contribution < -0.4 is 10.1 Å². The molecular formula is C20H28N2O3. The molecule has 1 N–H and O–H groups in total. The zero-order valence-corrected chi connectivity index (χ0v) is 15.6. The smallest absolute Gasteiger partial charge is 0.256 e. The van der Waals surface area contributed by atoms with Crippen LogP contribution in [0, 0.1) is 0 Å². The van der Waals surface area contributed by atoms with E-state index in [2.05, 4.69) is 17.2 Å². The Kier molecular flexibility index (Phi) is 6.76. The van der Waals surface area contributed by atoms with Crippen molar-refractivity contribution in [1.29, 1.82) is 0 Å². The summed E-state index contributed by atoms with van der Waals surface area (Å²) in [5, 5.41) is 3.89. The van der Waals surface area contributed by atoms with Crippen molar-refractivity contribution in [2.45, 2.75) is 52.6 Å². The Bertz CT molecular complexity index is 717. The zero-order valence-electron chi connectivity index (χ0n) is 15.6. The van der Waals surface area contributed by atoms with Gasteiger partial charge in [0.2, 0.25) is 0 Å². The summed E-state index contributed by atoms with van der Waals surface area (Å²) in [6.07, 6.45) is 4.15. The van der Waals surface area contributed by atoms with E-state index in [0.29, 0.717) is 19.6 Å². The SMILES string of the molecule is CCCO[C@@](C)(CCC)C(=O)Nc1ccc(OCC)c2ncccc12. The first-order valence-corrected chi connectivity index (χ1v) is 9.01. The van der Waals surface area contributed by atoms with Crippen molar-refractivity contribution in [3.05, 3.63) is 30.5 Å². The second kappa shape index (κ2) is 8.81. The van der Waals surface area contributed by atoms with E-state index < -0.39 is 5.60 Å². The monoisotopic (exact) mass is 344 g/mol. The highest BCUT2D eigenvalue weighted by atomic mass is 16.5. The van der Waals surface area contributed by atoms with Gasteiger partial charge in [0.1, 0.15) is 16.9 Å². The molecule has 5 heteroatoms. The quantitative estimate of drug-likeness (QED) is 0.724. The van der Waals surface area contributed by atoms with Crippen LogP contribution in [0.5, 0.6) is 5.75 Å². The first kappa shape index (κ1) is 19.2. The normalized spacial score (nSPS) is 13.4. The Hall–Kier alpha value is -2.14. The van der Waals surface area contributed by atoms with Crippen LogP contribution in [0.1, 0.15) is 47.0 Å². The first-order valence-electron chi connectivity index (χ1n) is 9.01. The van der Waals surface area contributed by atoms with Gasteiger partial charge in [-0.15, -0.1) is 0 Å². The fraction of sp³-hybridized carbons (Fsp3) is 0.500. The Morgan fingerprint density at radius 1 is 1.20 bits per heavy atom. The fourth-order valence-electron chi connectivity index (χ4n) is 2.84. The van der Waals surface area contributed by atoms with Gasteiger partial charge in [0, 0.05) is 18.2 Å². The third-order valence-electron chi connectivity index (χ3n) is 4.11. The van der Waals surface area contributed by atoms with Crippen molar-refractivity contribution in [3.8, 4) is 5.75 Å². The van der Waals surface area contributed by atoms with Crippen molar-refractivity contribution >= 4 is 22.5 Å². The van der Waals surface area contributed by atoms with Gasteiger partial charge in [0.05, 0.1) is 12.3 Å². The number of carbonyl (C=O) groups excluding carboxylic acids is 1. The summed E-state index contributed by atoms with van der Waals surface area (Å²) < 4.78 is 11.5. The van der Waals surface area contributed by atoms with E-state index in [0.717, 1.165) is 35.2 Å². The maximum absolute atomic E-state index is 12.9. The summed E-state index contributed by atoms with van der Waals surface area (Å²) in [4.78, 5) is 17.3. The molecule has 1 amide bonds. The van der Waals surface area contributed by atoms with E-state index in [4.69, 9.17) is 9.47 Å². The van der Waals surface area contributed by atoms with Crippen LogP contribution in [-0.4, -0.2) is 29.7 Å². The minimum absolute atomic E-state index is 0.128. The molecule has 0 unspecified atom stereocenters. The molecule has 0 radical (unpaired) electrons. The highest BCUT2D eigenvalue weighted by Gasteiger charge is 2.33. The summed E-state index contributed by atoms with van der Waals surface area (Å²) in [6, 6.07) is 7.49. The van der Waals surface area contributed by atoms with Crippen molar-refractivity contribution in [3.63, 3.8) is 0 Å². The number of pyridine rings is 1. The Morgan fingerprint density at radius 2 is 2.00 bits per heavy atom. The van der Waals surface area contributed by atoms with Gasteiger partial charge in [-0.05, 0) is 51.0 Å². The predicted molar refractivity (Wildman–Crippen MR) is 101 cm³/mol. The molecule has 0 saturated heterocycles. The molecule has 1 atom stereocenters.